The average molecular weight is 276 g/mol. The van der Waals surface area contributed by atoms with Crippen molar-refractivity contribution >= 4 is 5.97 Å². The third-order valence-corrected chi connectivity index (χ3v) is 6.05. The Kier molecular flexibility index (Phi) is 2.47. The monoisotopic (exact) mass is 276 g/mol. The Morgan fingerprint density at radius 3 is 2.55 bits per heavy atom. The van der Waals surface area contributed by atoms with E-state index in [9.17, 15) is 4.79 Å². The molecule has 0 spiro atoms. The number of nitrogens with zero attached hydrogens (tertiary/aromatic N) is 4. The zero-order valence-electron chi connectivity index (χ0n) is 11.8. The Bertz CT molecular complexity index is 541. The molecule has 6 atom stereocenters. The first kappa shape index (κ1) is 12.3. The maximum absolute atomic E-state index is 11.2. The summed E-state index contributed by atoms with van der Waals surface area (Å²) in [6.45, 7) is 3.61. The van der Waals surface area contributed by atoms with E-state index in [0.717, 1.165) is 29.5 Å². The molecule has 0 saturated heterocycles. The molecule has 1 aromatic heterocycles. The van der Waals surface area contributed by atoms with Crippen LogP contribution in [0.4, 0.5) is 0 Å². The van der Waals surface area contributed by atoms with Gasteiger partial charge in [-0.3, -0.25) is 4.79 Å². The molecule has 6 heteroatoms. The molecule has 3 aliphatic rings. The van der Waals surface area contributed by atoms with E-state index in [1.165, 1.54) is 19.3 Å². The van der Waals surface area contributed by atoms with Crippen molar-refractivity contribution in [1.82, 2.24) is 20.2 Å². The first-order valence-electron chi connectivity index (χ1n) is 7.60. The number of hydrogen-bond donors (Lipinski definition) is 1. The molecule has 108 valence electrons. The maximum Gasteiger partial charge on any atom is 0.308 e. The molecule has 4 rings (SSSR count). The van der Waals surface area contributed by atoms with E-state index in [1.54, 1.807) is 11.6 Å². The molecule has 3 saturated carbocycles. The molecule has 1 N–H and O–H groups in total. The summed E-state index contributed by atoms with van der Waals surface area (Å²) < 4.78 is 1.77. The Morgan fingerprint density at radius 2 is 1.95 bits per heavy atom. The molecule has 6 nitrogen and oxygen atoms in total. The fraction of sp³-hybridized carbons (Fsp3) is 0.857. The lowest BCUT2D eigenvalue weighted by Crippen LogP contribution is -2.24. The fourth-order valence-corrected chi connectivity index (χ4v) is 4.80. The molecule has 3 aliphatic carbocycles. The van der Waals surface area contributed by atoms with Crippen molar-refractivity contribution in [3.05, 3.63) is 5.82 Å². The van der Waals surface area contributed by atoms with Gasteiger partial charge < -0.3 is 5.11 Å². The zero-order valence-corrected chi connectivity index (χ0v) is 11.8. The minimum atomic E-state index is -0.796. The predicted molar refractivity (Wildman–Crippen MR) is 69.9 cm³/mol. The van der Waals surface area contributed by atoms with Crippen LogP contribution in [0.5, 0.6) is 0 Å². The largest absolute Gasteiger partial charge is 0.481 e. The van der Waals surface area contributed by atoms with Gasteiger partial charge in [0.25, 0.3) is 0 Å². The number of carboxylic acid groups (broad SMARTS) is 1. The summed E-state index contributed by atoms with van der Waals surface area (Å²) in [4.78, 5) is 11.2. The van der Waals surface area contributed by atoms with Gasteiger partial charge in [0.05, 0.1) is 12.0 Å². The van der Waals surface area contributed by atoms with Gasteiger partial charge in [-0.15, -0.1) is 5.10 Å². The summed E-state index contributed by atoms with van der Waals surface area (Å²) in [5.74, 6) is 3.41. The van der Waals surface area contributed by atoms with Crippen LogP contribution in [-0.4, -0.2) is 31.3 Å². The molecule has 2 bridgehead atoms. The molecular formula is C14H20N4O2. The third kappa shape index (κ3) is 1.50. The normalized spacial score (nSPS) is 40.4. The van der Waals surface area contributed by atoms with Crippen LogP contribution in [0.1, 0.15) is 50.9 Å². The topological polar surface area (TPSA) is 80.9 Å². The summed E-state index contributed by atoms with van der Waals surface area (Å²) >= 11 is 0. The van der Waals surface area contributed by atoms with E-state index in [4.69, 9.17) is 5.11 Å². The van der Waals surface area contributed by atoms with Crippen LogP contribution >= 0.6 is 0 Å². The first-order valence-corrected chi connectivity index (χ1v) is 7.60. The highest BCUT2D eigenvalue weighted by Crippen LogP contribution is 2.72. The lowest BCUT2D eigenvalue weighted by molar-refractivity contribution is -0.142. The van der Waals surface area contributed by atoms with E-state index in [1.807, 2.05) is 6.92 Å². The minimum absolute atomic E-state index is 0.198. The zero-order chi connectivity index (χ0) is 14.0. The summed E-state index contributed by atoms with van der Waals surface area (Å²) in [5, 5.41) is 21.3. The van der Waals surface area contributed by atoms with Crippen LogP contribution in [0, 0.1) is 29.6 Å². The number of aromatic nitrogens is 4. The summed E-state index contributed by atoms with van der Waals surface area (Å²) in [6.07, 6.45) is 4.13. The van der Waals surface area contributed by atoms with E-state index in [2.05, 4.69) is 15.5 Å². The van der Waals surface area contributed by atoms with Gasteiger partial charge in [0.1, 0.15) is 0 Å². The second-order valence-corrected chi connectivity index (χ2v) is 6.86. The number of rotatable bonds is 4. The van der Waals surface area contributed by atoms with Crippen molar-refractivity contribution in [3.8, 4) is 0 Å². The Labute approximate surface area is 117 Å². The second kappa shape index (κ2) is 4.02. The summed E-state index contributed by atoms with van der Waals surface area (Å²) in [5.41, 5.74) is 0. The standard InChI is InChI=1S/C14H20N4O2/c1-6(14(19)20)7(2)18-13(15-16-17-18)12-10-8-3-4-9(5-8)11(10)12/h6-12H,3-5H2,1-2H3,(H,19,20). The van der Waals surface area contributed by atoms with E-state index >= 15 is 0 Å². The number of tetrazole rings is 1. The molecule has 1 heterocycles. The molecule has 0 radical (unpaired) electrons. The van der Waals surface area contributed by atoms with Crippen LogP contribution < -0.4 is 0 Å². The molecule has 1 aromatic rings. The smallest absolute Gasteiger partial charge is 0.308 e. The summed E-state index contributed by atoms with van der Waals surface area (Å²) in [6, 6.07) is -0.198. The molecule has 6 unspecified atom stereocenters. The van der Waals surface area contributed by atoms with Crippen LogP contribution in [-0.2, 0) is 4.79 Å². The van der Waals surface area contributed by atoms with Crippen LogP contribution in [0.2, 0.25) is 0 Å². The van der Waals surface area contributed by atoms with Crippen molar-refractivity contribution in [3.63, 3.8) is 0 Å². The molecule has 0 aromatic carbocycles. The highest BCUT2D eigenvalue weighted by atomic mass is 16.4. The Hall–Kier alpha value is -1.46. The molecular weight excluding hydrogens is 256 g/mol. The second-order valence-electron chi connectivity index (χ2n) is 6.86. The quantitative estimate of drug-likeness (QED) is 0.905. The molecule has 0 aliphatic heterocycles. The molecule has 3 fully saturated rings. The van der Waals surface area contributed by atoms with Gasteiger partial charge in [-0.1, -0.05) is 0 Å². The number of carboxylic acids is 1. The molecule has 20 heavy (non-hydrogen) atoms. The summed E-state index contributed by atoms with van der Waals surface area (Å²) in [7, 11) is 0. The SMILES string of the molecule is CC(C(=O)O)C(C)n1nnnc1C1C2C3CCC(C3)C12. The number of hydrogen-bond acceptors (Lipinski definition) is 4. The van der Waals surface area contributed by atoms with Crippen LogP contribution in [0.25, 0.3) is 0 Å². The van der Waals surface area contributed by atoms with Gasteiger partial charge in [0.2, 0.25) is 0 Å². The Morgan fingerprint density at radius 1 is 1.30 bits per heavy atom. The van der Waals surface area contributed by atoms with E-state index in [0.29, 0.717) is 5.92 Å². The van der Waals surface area contributed by atoms with Gasteiger partial charge in [-0.05, 0) is 67.2 Å². The van der Waals surface area contributed by atoms with Crippen molar-refractivity contribution < 1.29 is 9.90 Å². The minimum Gasteiger partial charge on any atom is -0.481 e. The fourth-order valence-electron chi connectivity index (χ4n) is 4.80. The van der Waals surface area contributed by atoms with Crippen LogP contribution in [0.3, 0.4) is 0 Å². The number of carbonyl (C=O) groups is 1. The Balaban J connectivity index is 1.59. The maximum atomic E-state index is 11.2. The lowest BCUT2D eigenvalue weighted by Gasteiger charge is -2.18. The van der Waals surface area contributed by atoms with Gasteiger partial charge in [-0.25, -0.2) is 4.68 Å². The number of aliphatic carboxylic acids is 1. The molecule has 0 amide bonds. The predicted octanol–water partition coefficient (Wildman–Crippen LogP) is 1.71. The van der Waals surface area contributed by atoms with Gasteiger partial charge >= 0.3 is 5.97 Å². The first-order chi connectivity index (χ1) is 9.59. The van der Waals surface area contributed by atoms with E-state index in [-0.39, 0.29) is 6.04 Å². The number of fused-ring (bicyclic) bond motifs is 5. The van der Waals surface area contributed by atoms with Crippen molar-refractivity contribution in [1.29, 1.82) is 0 Å². The van der Waals surface area contributed by atoms with Crippen molar-refractivity contribution in [2.45, 2.75) is 45.1 Å². The van der Waals surface area contributed by atoms with Crippen molar-refractivity contribution in [2.75, 3.05) is 0 Å². The van der Waals surface area contributed by atoms with Crippen molar-refractivity contribution in [2.24, 2.45) is 29.6 Å². The lowest BCUT2D eigenvalue weighted by atomic mass is 10.0. The highest BCUT2D eigenvalue weighted by molar-refractivity contribution is 5.70. The van der Waals surface area contributed by atoms with Gasteiger partial charge in [0.15, 0.2) is 5.82 Å². The van der Waals surface area contributed by atoms with Gasteiger partial charge in [0, 0.05) is 5.92 Å². The van der Waals surface area contributed by atoms with E-state index < -0.39 is 11.9 Å². The third-order valence-electron chi connectivity index (χ3n) is 6.05. The van der Waals surface area contributed by atoms with Gasteiger partial charge in [-0.2, -0.15) is 0 Å². The highest BCUT2D eigenvalue weighted by Gasteiger charge is 2.67. The average Bonchev–Trinajstić information content (AvgIpc) is 2.86. The van der Waals surface area contributed by atoms with Crippen LogP contribution in [0.15, 0.2) is 0 Å².